The van der Waals surface area contributed by atoms with E-state index in [2.05, 4.69) is 16.5 Å². The number of methoxy groups -OCH3 is 1. The van der Waals surface area contributed by atoms with Crippen molar-refractivity contribution in [1.29, 1.82) is 0 Å². The number of rotatable bonds is 10. The molecule has 0 bridgehead atoms. The molecule has 336 valence electrons. The van der Waals surface area contributed by atoms with E-state index in [-0.39, 0.29) is 61.4 Å². The molecule has 6 fully saturated rings. The molecule has 15 heteroatoms. The van der Waals surface area contributed by atoms with E-state index < -0.39 is 50.1 Å². The van der Waals surface area contributed by atoms with Crippen LogP contribution in [0, 0.1) is 40.9 Å². The second kappa shape index (κ2) is 16.7. The average Bonchev–Trinajstić information content (AvgIpc) is 4.21. The van der Waals surface area contributed by atoms with Crippen LogP contribution in [0.2, 0.25) is 0 Å². The lowest BCUT2D eigenvalue weighted by molar-refractivity contribution is -0.155. The Morgan fingerprint density at radius 1 is 1.00 bits per heavy atom. The molecule has 1 N–H and O–H groups in total. The Balaban J connectivity index is 1.04. The van der Waals surface area contributed by atoms with Gasteiger partial charge in [-0.05, 0) is 124 Å². The van der Waals surface area contributed by atoms with Crippen molar-refractivity contribution < 1.29 is 46.5 Å². The Bertz CT molecular complexity index is 2230. The quantitative estimate of drug-likeness (QED) is 0.227. The zero-order valence-electron chi connectivity index (χ0n) is 36.5. The summed E-state index contributed by atoms with van der Waals surface area (Å²) in [4.78, 5) is 66.7. The van der Waals surface area contributed by atoms with Crippen LogP contribution in [0.25, 0.3) is 10.8 Å². The van der Waals surface area contributed by atoms with E-state index in [1.807, 2.05) is 43.3 Å². The van der Waals surface area contributed by atoms with Gasteiger partial charge in [0.15, 0.2) is 5.78 Å². The summed E-state index contributed by atoms with van der Waals surface area (Å²) >= 11 is 0. The maximum atomic E-state index is 15.2. The molecule has 14 nitrogen and oxygen atoms in total. The number of esters is 1. The highest BCUT2D eigenvalue weighted by Crippen LogP contribution is 2.58. The smallest absolute Gasteiger partial charge is 0.306 e. The second-order valence-electron chi connectivity index (χ2n) is 19.9. The van der Waals surface area contributed by atoms with Gasteiger partial charge < -0.3 is 28.7 Å². The van der Waals surface area contributed by atoms with Crippen LogP contribution < -0.4 is 19.1 Å². The molecule has 1 aromatic heterocycles. The number of ketones is 1. The first kappa shape index (κ1) is 43.0. The number of nitrogens with zero attached hydrogens (tertiary/aromatic N) is 3. The Kier molecular flexibility index (Phi) is 11.6. The summed E-state index contributed by atoms with van der Waals surface area (Å²) in [6.07, 6.45) is 9.46. The summed E-state index contributed by atoms with van der Waals surface area (Å²) in [7, 11) is -2.35. The number of sulfonamides is 1. The van der Waals surface area contributed by atoms with E-state index in [1.165, 1.54) is 6.42 Å². The van der Waals surface area contributed by atoms with E-state index in [9.17, 15) is 22.8 Å². The van der Waals surface area contributed by atoms with Crippen LogP contribution in [-0.4, -0.2) is 105 Å². The highest BCUT2D eigenvalue weighted by molar-refractivity contribution is 7.91. The number of allylic oxidation sites excluding steroid dienone is 2. The Morgan fingerprint density at radius 2 is 1.76 bits per heavy atom. The number of pyridine rings is 1. The molecule has 10 atom stereocenters. The van der Waals surface area contributed by atoms with E-state index >= 15 is 4.79 Å². The van der Waals surface area contributed by atoms with Crippen LogP contribution >= 0.6 is 0 Å². The molecular weight excluding hydrogens is 813 g/mol. The van der Waals surface area contributed by atoms with Gasteiger partial charge in [-0.2, -0.15) is 4.98 Å². The van der Waals surface area contributed by atoms with Crippen molar-refractivity contribution in [2.45, 2.75) is 121 Å². The minimum atomic E-state index is -3.96. The topological polar surface area (TPSA) is 171 Å². The number of ether oxygens (including phenoxy) is 4. The first-order valence-corrected chi connectivity index (χ1v) is 24.4. The summed E-state index contributed by atoms with van der Waals surface area (Å²) in [5, 5.41) is 1.60. The number of hydrogen-bond acceptors (Lipinski definition) is 12. The van der Waals surface area contributed by atoms with Crippen molar-refractivity contribution in [3.8, 4) is 11.6 Å². The molecule has 4 aliphatic carbocycles. The largest absolute Gasteiger partial charge is 0.497 e. The molecule has 2 amide bonds. The lowest BCUT2D eigenvalue weighted by Crippen LogP contribution is -2.48. The maximum Gasteiger partial charge on any atom is 0.306 e. The van der Waals surface area contributed by atoms with Crippen LogP contribution in [0.4, 0.5) is 5.82 Å². The van der Waals surface area contributed by atoms with Gasteiger partial charge in [-0.1, -0.05) is 26.0 Å². The van der Waals surface area contributed by atoms with Crippen LogP contribution in [0.15, 0.2) is 36.4 Å². The summed E-state index contributed by atoms with van der Waals surface area (Å²) in [5.74, 6) is 0.243. The van der Waals surface area contributed by atoms with E-state index in [0.717, 1.165) is 36.5 Å². The summed E-state index contributed by atoms with van der Waals surface area (Å²) in [6, 6.07) is 6.67. The molecule has 2 saturated heterocycles. The Labute approximate surface area is 364 Å². The van der Waals surface area contributed by atoms with Crippen molar-refractivity contribution in [3.05, 3.63) is 36.4 Å². The average molecular weight is 875 g/mol. The predicted molar refractivity (Wildman–Crippen MR) is 231 cm³/mol. The molecule has 9 rings (SSSR count). The summed E-state index contributed by atoms with van der Waals surface area (Å²) in [5.41, 5.74) is -1.27. The number of morpholine rings is 1. The normalized spacial score (nSPS) is 34.8. The number of nitrogens with one attached hydrogen (secondary N) is 1. The molecule has 2 aromatic rings. The Hall–Kier alpha value is -4.24. The molecule has 4 heterocycles. The maximum absolute atomic E-state index is 15.2. The van der Waals surface area contributed by atoms with Crippen LogP contribution in [0.1, 0.15) is 97.8 Å². The van der Waals surface area contributed by atoms with Crippen molar-refractivity contribution in [2.75, 3.05) is 44.9 Å². The first-order chi connectivity index (χ1) is 29.6. The van der Waals surface area contributed by atoms with Gasteiger partial charge in [0.2, 0.25) is 27.7 Å². The van der Waals surface area contributed by atoms with Crippen LogP contribution in [0.3, 0.4) is 0 Å². The predicted octanol–water partition coefficient (Wildman–Crippen LogP) is 5.75. The number of aromatic nitrogens is 1. The summed E-state index contributed by atoms with van der Waals surface area (Å²) in [6.45, 7) is 8.28. The summed E-state index contributed by atoms with van der Waals surface area (Å²) < 4.78 is 52.1. The zero-order chi connectivity index (χ0) is 43.6. The van der Waals surface area contributed by atoms with E-state index in [1.54, 1.807) is 18.9 Å². The lowest BCUT2D eigenvalue weighted by Gasteiger charge is -2.32. The zero-order valence-corrected chi connectivity index (χ0v) is 37.3. The third kappa shape index (κ3) is 8.68. The highest BCUT2D eigenvalue weighted by atomic mass is 32.2. The SMILES string of the molecule is COc1ccc2c(O[C@@H]3C[C@H]4C(=O)C[C@]5(C(=O)NS(=O)(=O)C6(C)CC6)C[C@H]5/C=C\CC[C@H](C)C[C@@H](C)[C@H](CC(=O)OC5C[C@@H]6C[C@@H]6C5)C(=O)N4C3)nc(N3CCOCC3)cc2c1. The fourth-order valence-electron chi connectivity index (χ4n) is 10.8. The minimum absolute atomic E-state index is 0.0609. The molecule has 1 unspecified atom stereocenters. The fourth-order valence-corrected chi connectivity index (χ4v) is 12.1. The molecular formula is C47H62N4O10S. The number of fused-ring (bicyclic) bond motifs is 4. The number of carbonyl (C=O) groups excluding carboxylic acids is 4. The number of benzene rings is 1. The van der Waals surface area contributed by atoms with Crippen molar-refractivity contribution >= 4 is 50.2 Å². The Morgan fingerprint density at radius 3 is 2.48 bits per heavy atom. The molecule has 7 aliphatic rings. The highest BCUT2D eigenvalue weighted by Gasteiger charge is 2.63. The van der Waals surface area contributed by atoms with Gasteiger partial charge in [-0.25, -0.2) is 8.42 Å². The number of amides is 2. The third-order valence-electron chi connectivity index (χ3n) is 15.3. The van der Waals surface area contributed by atoms with Crippen molar-refractivity contribution in [1.82, 2.24) is 14.6 Å². The number of carbonyl (C=O) groups is 4. The minimum Gasteiger partial charge on any atom is -0.497 e. The van der Waals surface area contributed by atoms with Gasteiger partial charge in [0, 0.05) is 31.3 Å². The van der Waals surface area contributed by atoms with Crippen LogP contribution in [0.5, 0.6) is 11.6 Å². The van der Waals surface area contributed by atoms with Gasteiger partial charge >= 0.3 is 5.97 Å². The molecule has 0 spiro atoms. The van der Waals surface area contributed by atoms with Gasteiger partial charge in [-0.15, -0.1) is 0 Å². The molecule has 0 radical (unpaired) electrons. The van der Waals surface area contributed by atoms with Gasteiger partial charge in [-0.3, -0.25) is 23.9 Å². The van der Waals surface area contributed by atoms with Crippen molar-refractivity contribution in [3.63, 3.8) is 0 Å². The first-order valence-electron chi connectivity index (χ1n) is 22.9. The third-order valence-corrected chi connectivity index (χ3v) is 17.4. The standard InChI is InChI=1S/C47H62N4O10S/c1-28-7-5-6-8-33-25-47(33,45(55)49-62(56,57)46(3)11-12-46)26-40(52)39-23-36(27-51(39)44(54)38(29(2)17-28)24-42(53)60-35-19-30-18-31(30)20-35)61-43-37-10-9-34(58-4)21-32(37)22-41(48-43)50-13-15-59-16-14-50/h6,8-10,21-22,28-31,33,35-36,38-39H,5,7,11-20,23-27H2,1-4H3,(H,49,55)/b8-6-/t28-,29+,30-,31+,33+,35?,36+,38-,39-,47+/m0/s1. The number of hydrogen-bond donors (Lipinski definition) is 1. The monoisotopic (exact) mass is 874 g/mol. The van der Waals surface area contributed by atoms with Gasteiger partial charge in [0.25, 0.3) is 0 Å². The van der Waals surface area contributed by atoms with E-state index in [0.29, 0.717) is 81.3 Å². The van der Waals surface area contributed by atoms with Crippen LogP contribution in [-0.2, 0) is 38.7 Å². The lowest BCUT2D eigenvalue weighted by atomic mass is 9.82. The molecule has 1 aromatic carbocycles. The van der Waals surface area contributed by atoms with Crippen molar-refractivity contribution in [2.24, 2.45) is 40.9 Å². The fraction of sp³-hybridized carbons (Fsp3) is 0.681. The molecule has 3 aliphatic heterocycles. The number of anilines is 1. The molecule has 62 heavy (non-hydrogen) atoms. The second-order valence-corrected chi connectivity index (χ2v) is 22.1. The molecule has 4 saturated carbocycles. The van der Waals surface area contributed by atoms with Gasteiger partial charge in [0.05, 0.1) is 55.4 Å². The van der Waals surface area contributed by atoms with Gasteiger partial charge in [0.1, 0.15) is 23.8 Å². The number of Topliss-reactive ketones (excluding diaryl/α,β-unsaturated/α-hetero) is 1. The van der Waals surface area contributed by atoms with E-state index in [4.69, 9.17) is 23.9 Å².